The van der Waals surface area contributed by atoms with E-state index in [-0.39, 0.29) is 5.97 Å². The van der Waals surface area contributed by atoms with Crippen LogP contribution in [-0.4, -0.2) is 42.8 Å². The maximum absolute atomic E-state index is 11.9. The van der Waals surface area contributed by atoms with E-state index in [1.54, 1.807) is 0 Å². The Morgan fingerprint density at radius 1 is 1.33 bits per heavy atom. The molecule has 1 rings (SSSR count). The number of amides is 1. The predicted molar refractivity (Wildman–Crippen MR) is 67.2 cm³/mol. The van der Waals surface area contributed by atoms with Crippen molar-refractivity contribution in [2.45, 2.75) is 46.1 Å². The fraction of sp³-hybridized carbons (Fsp3) is 0.846. The van der Waals surface area contributed by atoms with Crippen molar-refractivity contribution in [3.63, 3.8) is 0 Å². The van der Waals surface area contributed by atoms with Crippen molar-refractivity contribution in [2.75, 3.05) is 19.8 Å². The standard InChI is InChI=1S/C13H23NO4/c1-4-8-17-13(16)14-7-5-6-11(14)12(15)18-9-10(2)3/h10-11H,4-9H2,1-3H3. The molecule has 0 aromatic heterocycles. The Morgan fingerprint density at radius 3 is 2.67 bits per heavy atom. The van der Waals surface area contributed by atoms with Crippen LogP contribution in [0.3, 0.4) is 0 Å². The van der Waals surface area contributed by atoms with Gasteiger partial charge in [-0.05, 0) is 25.2 Å². The molecule has 0 saturated carbocycles. The number of rotatable bonds is 5. The van der Waals surface area contributed by atoms with Crippen LogP contribution in [0.2, 0.25) is 0 Å². The van der Waals surface area contributed by atoms with Crippen LogP contribution in [-0.2, 0) is 14.3 Å². The molecule has 0 bridgehead atoms. The van der Waals surface area contributed by atoms with Gasteiger partial charge in [-0.2, -0.15) is 0 Å². The van der Waals surface area contributed by atoms with E-state index in [9.17, 15) is 9.59 Å². The van der Waals surface area contributed by atoms with E-state index < -0.39 is 12.1 Å². The van der Waals surface area contributed by atoms with Crippen molar-refractivity contribution in [2.24, 2.45) is 5.92 Å². The number of ether oxygens (including phenoxy) is 2. The third-order valence-corrected chi connectivity index (χ3v) is 2.75. The highest BCUT2D eigenvalue weighted by molar-refractivity contribution is 5.82. The topological polar surface area (TPSA) is 55.8 Å². The SMILES string of the molecule is CCCOC(=O)N1CCCC1C(=O)OCC(C)C. The highest BCUT2D eigenvalue weighted by Gasteiger charge is 2.36. The highest BCUT2D eigenvalue weighted by Crippen LogP contribution is 2.19. The fourth-order valence-corrected chi connectivity index (χ4v) is 1.85. The molecule has 1 saturated heterocycles. The second kappa shape index (κ2) is 7.24. The normalized spacial score (nSPS) is 19.1. The van der Waals surface area contributed by atoms with Crippen molar-refractivity contribution >= 4 is 12.1 Å². The second-order valence-electron chi connectivity index (χ2n) is 4.99. The zero-order chi connectivity index (χ0) is 13.5. The molecule has 0 N–H and O–H groups in total. The number of likely N-dealkylation sites (tertiary alicyclic amines) is 1. The van der Waals surface area contributed by atoms with Gasteiger partial charge in [0.2, 0.25) is 0 Å². The molecule has 1 aliphatic heterocycles. The first kappa shape index (κ1) is 14.8. The maximum atomic E-state index is 11.9. The Morgan fingerprint density at radius 2 is 2.06 bits per heavy atom. The molecule has 1 aliphatic rings. The lowest BCUT2D eigenvalue weighted by Gasteiger charge is -2.22. The Bertz CT molecular complexity index is 291. The largest absolute Gasteiger partial charge is 0.464 e. The van der Waals surface area contributed by atoms with E-state index >= 15 is 0 Å². The molecular weight excluding hydrogens is 234 g/mol. The molecule has 104 valence electrons. The zero-order valence-electron chi connectivity index (χ0n) is 11.5. The summed E-state index contributed by atoms with van der Waals surface area (Å²) in [5.74, 6) is -0.00880. The predicted octanol–water partition coefficient (Wildman–Crippen LogP) is 2.20. The summed E-state index contributed by atoms with van der Waals surface area (Å²) in [5.41, 5.74) is 0. The number of carbonyl (C=O) groups is 2. The smallest absolute Gasteiger partial charge is 0.410 e. The van der Waals surface area contributed by atoms with E-state index in [0.29, 0.717) is 32.1 Å². The Kier molecular flexibility index (Phi) is 5.95. The zero-order valence-corrected chi connectivity index (χ0v) is 11.5. The minimum Gasteiger partial charge on any atom is -0.464 e. The average molecular weight is 257 g/mol. The Hall–Kier alpha value is -1.26. The molecule has 1 unspecified atom stereocenters. The third-order valence-electron chi connectivity index (χ3n) is 2.75. The van der Waals surface area contributed by atoms with Gasteiger partial charge >= 0.3 is 12.1 Å². The number of carbonyl (C=O) groups excluding carboxylic acids is 2. The molecule has 0 spiro atoms. The molecular formula is C13H23NO4. The second-order valence-corrected chi connectivity index (χ2v) is 4.99. The Balaban J connectivity index is 2.48. The van der Waals surface area contributed by atoms with Gasteiger partial charge in [0.05, 0.1) is 13.2 Å². The molecule has 5 heteroatoms. The summed E-state index contributed by atoms with van der Waals surface area (Å²) in [6.07, 6.45) is 1.86. The summed E-state index contributed by atoms with van der Waals surface area (Å²) in [7, 11) is 0. The van der Waals surface area contributed by atoms with Crippen LogP contribution in [0.15, 0.2) is 0 Å². The molecule has 0 aromatic carbocycles. The number of hydrogen-bond acceptors (Lipinski definition) is 4. The van der Waals surface area contributed by atoms with Crippen molar-refractivity contribution in [3.8, 4) is 0 Å². The fourth-order valence-electron chi connectivity index (χ4n) is 1.85. The van der Waals surface area contributed by atoms with Gasteiger partial charge < -0.3 is 9.47 Å². The van der Waals surface area contributed by atoms with Crippen LogP contribution >= 0.6 is 0 Å². The number of hydrogen-bond donors (Lipinski definition) is 0. The van der Waals surface area contributed by atoms with Crippen LogP contribution in [0.5, 0.6) is 0 Å². The van der Waals surface area contributed by atoms with E-state index in [1.807, 2.05) is 20.8 Å². The van der Waals surface area contributed by atoms with Gasteiger partial charge in [-0.3, -0.25) is 4.90 Å². The quantitative estimate of drug-likeness (QED) is 0.708. The van der Waals surface area contributed by atoms with Crippen molar-refractivity contribution in [1.29, 1.82) is 0 Å². The molecule has 0 aromatic rings. The van der Waals surface area contributed by atoms with Crippen molar-refractivity contribution in [1.82, 2.24) is 4.90 Å². The lowest BCUT2D eigenvalue weighted by Crippen LogP contribution is -2.42. The lowest BCUT2D eigenvalue weighted by molar-refractivity contribution is -0.149. The van der Waals surface area contributed by atoms with Gasteiger partial charge in [0, 0.05) is 6.54 Å². The minimum absolute atomic E-state index is 0.302. The van der Waals surface area contributed by atoms with Crippen LogP contribution in [0.4, 0.5) is 4.79 Å². The molecule has 1 amide bonds. The van der Waals surface area contributed by atoms with Gasteiger partial charge in [-0.15, -0.1) is 0 Å². The average Bonchev–Trinajstić information content (AvgIpc) is 2.82. The number of esters is 1. The highest BCUT2D eigenvalue weighted by atomic mass is 16.6. The first-order valence-electron chi connectivity index (χ1n) is 6.66. The molecule has 5 nitrogen and oxygen atoms in total. The molecule has 0 radical (unpaired) electrons. The summed E-state index contributed by atoms with van der Waals surface area (Å²) in [5, 5.41) is 0. The molecule has 18 heavy (non-hydrogen) atoms. The van der Waals surface area contributed by atoms with E-state index in [0.717, 1.165) is 12.8 Å². The lowest BCUT2D eigenvalue weighted by atomic mass is 10.2. The van der Waals surface area contributed by atoms with Crippen LogP contribution in [0, 0.1) is 5.92 Å². The number of nitrogens with zero attached hydrogens (tertiary/aromatic N) is 1. The minimum atomic E-state index is -0.465. The van der Waals surface area contributed by atoms with Crippen LogP contribution in [0.25, 0.3) is 0 Å². The summed E-state index contributed by atoms with van der Waals surface area (Å²) in [4.78, 5) is 25.1. The molecule has 1 heterocycles. The first-order valence-corrected chi connectivity index (χ1v) is 6.66. The van der Waals surface area contributed by atoms with Gasteiger partial charge in [0.1, 0.15) is 6.04 Å². The van der Waals surface area contributed by atoms with E-state index in [4.69, 9.17) is 9.47 Å². The van der Waals surface area contributed by atoms with Crippen LogP contribution < -0.4 is 0 Å². The van der Waals surface area contributed by atoms with Gasteiger partial charge in [-0.25, -0.2) is 9.59 Å². The summed E-state index contributed by atoms with van der Waals surface area (Å²) >= 11 is 0. The van der Waals surface area contributed by atoms with Crippen molar-refractivity contribution < 1.29 is 19.1 Å². The van der Waals surface area contributed by atoms with Gasteiger partial charge in [0.15, 0.2) is 0 Å². The summed E-state index contributed by atoms with van der Waals surface area (Å²) < 4.78 is 10.2. The molecule has 1 atom stereocenters. The van der Waals surface area contributed by atoms with Crippen LogP contribution in [0.1, 0.15) is 40.0 Å². The van der Waals surface area contributed by atoms with Crippen molar-refractivity contribution in [3.05, 3.63) is 0 Å². The monoisotopic (exact) mass is 257 g/mol. The van der Waals surface area contributed by atoms with E-state index in [1.165, 1.54) is 4.90 Å². The Labute approximate surface area is 108 Å². The van der Waals surface area contributed by atoms with Gasteiger partial charge in [0.25, 0.3) is 0 Å². The maximum Gasteiger partial charge on any atom is 0.410 e. The molecule has 0 aliphatic carbocycles. The summed E-state index contributed by atoms with van der Waals surface area (Å²) in [6, 6.07) is -0.465. The van der Waals surface area contributed by atoms with Gasteiger partial charge in [-0.1, -0.05) is 20.8 Å². The molecule has 1 fully saturated rings. The third kappa shape index (κ3) is 4.20. The van der Waals surface area contributed by atoms with E-state index in [2.05, 4.69) is 0 Å². The summed E-state index contributed by atoms with van der Waals surface area (Å²) in [6.45, 7) is 7.26. The first-order chi connectivity index (χ1) is 8.56.